The smallest absolute Gasteiger partial charge is 0.316 e. The molecule has 2 aromatic carbocycles. The van der Waals surface area contributed by atoms with Gasteiger partial charge < -0.3 is 21.1 Å². The Bertz CT molecular complexity index is 987. The van der Waals surface area contributed by atoms with Crippen molar-refractivity contribution in [2.24, 2.45) is 0 Å². The maximum absolute atomic E-state index is 14.8. The van der Waals surface area contributed by atoms with Gasteiger partial charge in [-0.2, -0.15) is 0 Å². The molecule has 3 unspecified atom stereocenters. The zero-order valence-electron chi connectivity index (χ0n) is 17.5. The van der Waals surface area contributed by atoms with E-state index in [-0.39, 0.29) is 42.4 Å². The molecular weight excluding hydrogens is 399 g/mol. The average molecular weight is 426 g/mol. The Morgan fingerprint density at radius 3 is 2.61 bits per heavy atom. The van der Waals surface area contributed by atoms with E-state index in [0.29, 0.717) is 16.7 Å². The van der Waals surface area contributed by atoms with Crippen LogP contribution in [0.1, 0.15) is 53.2 Å². The molecule has 7 nitrogen and oxygen atoms in total. The molecule has 4 rings (SSSR count). The molecule has 164 valence electrons. The van der Waals surface area contributed by atoms with Crippen molar-refractivity contribution in [1.29, 1.82) is 0 Å². The lowest BCUT2D eigenvalue weighted by atomic mass is 9.84. The first-order valence-corrected chi connectivity index (χ1v) is 10.4. The van der Waals surface area contributed by atoms with Gasteiger partial charge in [0.15, 0.2) is 0 Å². The van der Waals surface area contributed by atoms with Gasteiger partial charge in [0.2, 0.25) is 0 Å². The van der Waals surface area contributed by atoms with Gasteiger partial charge in [0.05, 0.1) is 11.6 Å². The van der Waals surface area contributed by atoms with Crippen LogP contribution in [0.25, 0.3) is 0 Å². The molecule has 2 aliphatic heterocycles. The number of halogens is 1. The Kier molecular flexibility index (Phi) is 5.68. The number of amides is 3. The normalized spacial score (nSPS) is 23.0. The number of nitrogens with one attached hydrogen (secondary N) is 4. The molecule has 2 aromatic rings. The van der Waals surface area contributed by atoms with E-state index in [0.717, 1.165) is 18.5 Å². The van der Waals surface area contributed by atoms with Gasteiger partial charge in [-0.05, 0) is 56.1 Å². The molecule has 0 aromatic heterocycles. The molecule has 0 aliphatic carbocycles. The van der Waals surface area contributed by atoms with Crippen LogP contribution in [0.4, 0.5) is 9.18 Å². The lowest BCUT2D eigenvalue weighted by Gasteiger charge is -2.33. The van der Waals surface area contributed by atoms with Crippen molar-refractivity contribution in [3.05, 3.63) is 70.5 Å². The molecule has 2 fully saturated rings. The zero-order chi connectivity index (χ0) is 22.2. The van der Waals surface area contributed by atoms with E-state index in [4.69, 9.17) is 0 Å². The quantitative estimate of drug-likeness (QED) is 0.505. The summed E-state index contributed by atoms with van der Waals surface area (Å²) in [5.41, 5.74) is 1.39. The summed E-state index contributed by atoms with van der Waals surface area (Å²) in [5.74, 6) is -0.688. The second-order valence-corrected chi connectivity index (χ2v) is 8.64. The summed E-state index contributed by atoms with van der Waals surface area (Å²) in [5, 5.41) is 21.7. The van der Waals surface area contributed by atoms with Crippen molar-refractivity contribution in [1.82, 2.24) is 21.3 Å². The van der Waals surface area contributed by atoms with Crippen LogP contribution in [0.2, 0.25) is 0 Å². The van der Waals surface area contributed by atoms with E-state index in [1.54, 1.807) is 44.2 Å². The molecule has 3 amide bonds. The van der Waals surface area contributed by atoms with Crippen LogP contribution in [0.3, 0.4) is 0 Å². The van der Waals surface area contributed by atoms with Gasteiger partial charge in [-0.3, -0.25) is 10.1 Å². The van der Waals surface area contributed by atoms with Crippen molar-refractivity contribution in [2.75, 3.05) is 6.54 Å². The third-order valence-corrected chi connectivity index (χ3v) is 5.99. The molecule has 2 aliphatic rings. The first-order valence-electron chi connectivity index (χ1n) is 10.4. The van der Waals surface area contributed by atoms with E-state index < -0.39 is 5.60 Å². The van der Waals surface area contributed by atoms with Crippen molar-refractivity contribution in [2.45, 2.75) is 50.5 Å². The minimum atomic E-state index is -0.980. The Morgan fingerprint density at radius 2 is 1.94 bits per heavy atom. The van der Waals surface area contributed by atoms with Crippen LogP contribution >= 0.6 is 0 Å². The largest absolute Gasteiger partial charge is 0.386 e. The van der Waals surface area contributed by atoms with Gasteiger partial charge in [-0.1, -0.05) is 24.3 Å². The monoisotopic (exact) mass is 426 g/mol. The SMILES string of the molecule is CC(C)(O)c1ccc(C(=O)NCc2ccc(C3CCNC4NC(=O)NC43)cc2F)cc1. The third kappa shape index (κ3) is 4.55. The highest BCUT2D eigenvalue weighted by Gasteiger charge is 2.40. The third-order valence-electron chi connectivity index (χ3n) is 5.99. The Morgan fingerprint density at radius 1 is 1.19 bits per heavy atom. The number of hydrogen-bond donors (Lipinski definition) is 5. The predicted octanol–water partition coefficient (Wildman–Crippen LogP) is 2.07. The van der Waals surface area contributed by atoms with Gasteiger partial charge in [0.25, 0.3) is 5.91 Å². The maximum atomic E-state index is 14.8. The van der Waals surface area contributed by atoms with Crippen molar-refractivity contribution in [3.63, 3.8) is 0 Å². The lowest BCUT2D eigenvalue weighted by molar-refractivity contribution is 0.0784. The minimum absolute atomic E-state index is 0.0117. The molecule has 0 spiro atoms. The fraction of sp³-hybridized carbons (Fsp3) is 0.391. The highest BCUT2D eigenvalue weighted by atomic mass is 19.1. The molecule has 3 atom stereocenters. The second kappa shape index (κ2) is 8.28. The van der Waals surface area contributed by atoms with Crippen LogP contribution in [0.5, 0.6) is 0 Å². The molecular formula is C23H27FN4O3. The first-order chi connectivity index (χ1) is 14.7. The topological polar surface area (TPSA) is 102 Å². The van der Waals surface area contributed by atoms with Gasteiger partial charge in [-0.15, -0.1) is 0 Å². The molecule has 5 N–H and O–H groups in total. The summed E-state index contributed by atoms with van der Waals surface area (Å²) >= 11 is 0. The minimum Gasteiger partial charge on any atom is -0.386 e. The van der Waals surface area contributed by atoms with Gasteiger partial charge >= 0.3 is 6.03 Å². The number of benzene rings is 2. The van der Waals surface area contributed by atoms with Gasteiger partial charge in [0, 0.05) is 23.6 Å². The van der Waals surface area contributed by atoms with Crippen molar-refractivity contribution < 1.29 is 19.1 Å². The van der Waals surface area contributed by atoms with E-state index in [2.05, 4.69) is 21.3 Å². The van der Waals surface area contributed by atoms with Crippen LogP contribution in [-0.4, -0.2) is 35.8 Å². The Labute approximate surface area is 180 Å². The zero-order valence-corrected chi connectivity index (χ0v) is 17.5. The number of rotatable bonds is 5. The lowest BCUT2D eigenvalue weighted by Crippen LogP contribution is -2.53. The van der Waals surface area contributed by atoms with E-state index >= 15 is 0 Å². The molecule has 8 heteroatoms. The number of hydrogen-bond acceptors (Lipinski definition) is 4. The fourth-order valence-electron chi connectivity index (χ4n) is 4.21. The molecule has 31 heavy (non-hydrogen) atoms. The van der Waals surface area contributed by atoms with Crippen molar-refractivity contribution in [3.8, 4) is 0 Å². The number of fused-ring (bicyclic) bond motifs is 1. The number of piperidine rings is 1. The van der Waals surface area contributed by atoms with E-state index in [1.807, 2.05) is 6.07 Å². The van der Waals surface area contributed by atoms with Crippen LogP contribution in [-0.2, 0) is 12.1 Å². The summed E-state index contributed by atoms with van der Waals surface area (Å²) in [6.45, 7) is 4.15. The van der Waals surface area contributed by atoms with Crippen LogP contribution in [0.15, 0.2) is 42.5 Å². The standard InChI is InChI=1S/C23H27FN4O3/c1-23(2,31)16-7-5-13(6-8-16)21(29)26-12-15-4-3-14(11-18(15)24)17-9-10-25-20-19(17)27-22(30)28-20/h3-8,11,17,19-20,25,31H,9-10,12H2,1-2H3,(H,26,29)(H2,27,28,30). The first kappa shape index (κ1) is 21.3. The Balaban J connectivity index is 1.41. The highest BCUT2D eigenvalue weighted by Crippen LogP contribution is 2.30. The van der Waals surface area contributed by atoms with Crippen molar-refractivity contribution >= 4 is 11.9 Å². The Hall–Kier alpha value is -2.97. The predicted molar refractivity (Wildman–Crippen MR) is 114 cm³/mol. The number of carbonyl (C=O) groups is 2. The van der Waals surface area contributed by atoms with Gasteiger partial charge in [0.1, 0.15) is 12.0 Å². The van der Waals surface area contributed by atoms with Crippen LogP contribution in [0, 0.1) is 5.82 Å². The summed E-state index contributed by atoms with van der Waals surface area (Å²) < 4.78 is 14.8. The number of carbonyl (C=O) groups excluding carboxylic acids is 2. The number of aliphatic hydroxyl groups is 1. The second-order valence-electron chi connectivity index (χ2n) is 8.64. The number of urea groups is 1. The molecule has 2 heterocycles. The molecule has 2 saturated heterocycles. The fourth-order valence-corrected chi connectivity index (χ4v) is 4.21. The van der Waals surface area contributed by atoms with E-state index in [9.17, 15) is 19.1 Å². The molecule has 0 radical (unpaired) electrons. The van der Waals surface area contributed by atoms with Gasteiger partial charge in [-0.25, -0.2) is 9.18 Å². The molecule has 0 saturated carbocycles. The summed E-state index contributed by atoms with van der Waals surface area (Å²) in [6.07, 6.45) is 0.635. The highest BCUT2D eigenvalue weighted by molar-refractivity contribution is 5.94. The summed E-state index contributed by atoms with van der Waals surface area (Å²) in [7, 11) is 0. The van der Waals surface area contributed by atoms with Crippen LogP contribution < -0.4 is 21.3 Å². The van der Waals surface area contributed by atoms with E-state index in [1.165, 1.54) is 6.07 Å². The average Bonchev–Trinajstić information content (AvgIpc) is 3.12. The summed E-state index contributed by atoms with van der Waals surface area (Å²) in [6, 6.07) is 11.4. The molecule has 0 bridgehead atoms. The maximum Gasteiger partial charge on any atom is 0.316 e. The summed E-state index contributed by atoms with van der Waals surface area (Å²) in [4.78, 5) is 24.1.